The average molecular weight is 277 g/mol. The van der Waals surface area contributed by atoms with Gasteiger partial charge in [0.05, 0.1) is 17.7 Å². The van der Waals surface area contributed by atoms with Crippen molar-refractivity contribution in [2.45, 2.75) is 11.8 Å². The number of carbonyl (C=O) groups is 2. The predicted molar refractivity (Wildman–Crippen MR) is 76.0 cm³/mol. The summed E-state index contributed by atoms with van der Waals surface area (Å²) in [6, 6.07) is 5.78. The normalized spacial score (nSPS) is 10.7. The number of benzene rings is 1. The summed E-state index contributed by atoms with van der Waals surface area (Å²) in [6.45, 7) is 2.03. The number of fused-ring (bicyclic) bond motifs is 1. The van der Waals surface area contributed by atoms with E-state index in [2.05, 4.69) is 0 Å². The molecule has 0 unspecified atom stereocenters. The van der Waals surface area contributed by atoms with Gasteiger partial charge < -0.3 is 9.30 Å². The topological polar surface area (TPSA) is 48.3 Å². The number of hydrogen-bond donors (Lipinski definition) is 0. The Balaban J connectivity index is 2.73. The average Bonchev–Trinajstić information content (AvgIpc) is 2.71. The third kappa shape index (κ3) is 2.26. The standard InChI is InChI=1S/C14H15NO3S/c1-4-18-14(17)13-11(8-16)10-6-5-9(19-3)7-12(10)15(13)2/h5-8H,4H2,1-3H3. The SMILES string of the molecule is CCOC(=O)c1c(C=O)c2ccc(SC)cc2n1C. The van der Waals surface area contributed by atoms with Crippen LogP contribution < -0.4 is 0 Å². The van der Waals surface area contributed by atoms with Crippen LogP contribution in [-0.4, -0.2) is 29.7 Å². The molecule has 5 heteroatoms. The van der Waals surface area contributed by atoms with Gasteiger partial charge in [0.15, 0.2) is 6.29 Å². The molecule has 0 fully saturated rings. The summed E-state index contributed by atoms with van der Waals surface area (Å²) in [7, 11) is 1.77. The maximum Gasteiger partial charge on any atom is 0.355 e. The fraction of sp³-hybridized carbons (Fsp3) is 0.286. The van der Waals surface area contributed by atoms with Crippen molar-refractivity contribution in [1.82, 2.24) is 4.57 Å². The summed E-state index contributed by atoms with van der Waals surface area (Å²) in [5.41, 5.74) is 1.56. The highest BCUT2D eigenvalue weighted by Crippen LogP contribution is 2.28. The van der Waals surface area contributed by atoms with Crippen LogP contribution in [0.1, 0.15) is 27.8 Å². The lowest BCUT2D eigenvalue weighted by Crippen LogP contribution is -2.11. The van der Waals surface area contributed by atoms with Crippen LogP contribution >= 0.6 is 11.8 Å². The van der Waals surface area contributed by atoms with Gasteiger partial charge in [-0.3, -0.25) is 4.79 Å². The highest BCUT2D eigenvalue weighted by molar-refractivity contribution is 7.98. The van der Waals surface area contributed by atoms with Gasteiger partial charge >= 0.3 is 5.97 Å². The lowest BCUT2D eigenvalue weighted by atomic mass is 10.1. The minimum absolute atomic E-state index is 0.286. The van der Waals surface area contributed by atoms with E-state index in [1.807, 2.05) is 24.5 Å². The lowest BCUT2D eigenvalue weighted by Gasteiger charge is -2.04. The molecule has 0 bridgehead atoms. The zero-order chi connectivity index (χ0) is 14.0. The van der Waals surface area contributed by atoms with E-state index in [0.717, 1.165) is 15.8 Å². The Kier molecular flexibility index (Phi) is 3.95. The maximum atomic E-state index is 12.0. The highest BCUT2D eigenvalue weighted by Gasteiger charge is 2.21. The Labute approximate surface area is 115 Å². The van der Waals surface area contributed by atoms with E-state index >= 15 is 0 Å². The summed E-state index contributed by atoms with van der Waals surface area (Å²) >= 11 is 1.62. The van der Waals surface area contributed by atoms with Gasteiger partial charge in [0.1, 0.15) is 5.69 Å². The molecular weight excluding hydrogens is 262 g/mol. The Bertz CT molecular complexity index is 646. The number of aldehydes is 1. The Morgan fingerprint density at radius 3 is 2.79 bits per heavy atom. The monoisotopic (exact) mass is 277 g/mol. The number of carbonyl (C=O) groups excluding carboxylic acids is 2. The first-order valence-corrected chi connectivity index (χ1v) is 7.15. The number of esters is 1. The van der Waals surface area contributed by atoms with Gasteiger partial charge in [-0.2, -0.15) is 0 Å². The molecule has 0 spiro atoms. The Hall–Kier alpha value is -1.75. The fourth-order valence-corrected chi connectivity index (χ4v) is 2.57. The molecular formula is C14H15NO3S. The van der Waals surface area contributed by atoms with Crippen LogP contribution in [0.5, 0.6) is 0 Å². The van der Waals surface area contributed by atoms with E-state index in [-0.39, 0.29) is 6.61 Å². The fourth-order valence-electron chi connectivity index (χ4n) is 2.14. The molecule has 4 nitrogen and oxygen atoms in total. The molecule has 0 saturated heterocycles. The molecule has 1 aromatic heterocycles. The summed E-state index contributed by atoms with van der Waals surface area (Å²) in [5, 5.41) is 0.776. The van der Waals surface area contributed by atoms with Gasteiger partial charge in [0.25, 0.3) is 0 Å². The third-order valence-electron chi connectivity index (χ3n) is 3.03. The third-order valence-corrected chi connectivity index (χ3v) is 3.76. The zero-order valence-corrected chi connectivity index (χ0v) is 11.9. The first-order valence-electron chi connectivity index (χ1n) is 5.92. The van der Waals surface area contributed by atoms with Gasteiger partial charge in [-0.15, -0.1) is 11.8 Å². The first kappa shape index (κ1) is 13.7. The molecule has 100 valence electrons. The number of ether oxygens (including phenoxy) is 1. The van der Waals surface area contributed by atoms with Crippen molar-refractivity contribution in [1.29, 1.82) is 0 Å². The molecule has 2 rings (SSSR count). The molecule has 2 aromatic rings. The zero-order valence-electron chi connectivity index (χ0n) is 11.1. The second-order valence-electron chi connectivity index (χ2n) is 4.04. The minimum Gasteiger partial charge on any atom is -0.461 e. The van der Waals surface area contributed by atoms with Crippen molar-refractivity contribution in [2.75, 3.05) is 12.9 Å². The second-order valence-corrected chi connectivity index (χ2v) is 4.92. The minimum atomic E-state index is -0.464. The van der Waals surface area contributed by atoms with Crippen molar-refractivity contribution < 1.29 is 14.3 Å². The molecule has 19 heavy (non-hydrogen) atoms. The van der Waals surface area contributed by atoms with Crippen LogP contribution in [0.4, 0.5) is 0 Å². The number of nitrogens with zero attached hydrogens (tertiary/aromatic N) is 1. The second kappa shape index (κ2) is 5.48. The molecule has 0 aliphatic carbocycles. The highest BCUT2D eigenvalue weighted by atomic mass is 32.2. The van der Waals surface area contributed by atoms with Crippen LogP contribution in [0.25, 0.3) is 10.9 Å². The van der Waals surface area contributed by atoms with E-state index in [0.29, 0.717) is 17.5 Å². The summed E-state index contributed by atoms with van der Waals surface area (Å²) in [4.78, 5) is 24.3. The molecule has 0 saturated carbocycles. The largest absolute Gasteiger partial charge is 0.461 e. The van der Waals surface area contributed by atoms with Crippen molar-refractivity contribution in [3.8, 4) is 0 Å². The van der Waals surface area contributed by atoms with Crippen molar-refractivity contribution in [3.63, 3.8) is 0 Å². The van der Waals surface area contributed by atoms with Gasteiger partial charge in [-0.1, -0.05) is 6.07 Å². The van der Waals surface area contributed by atoms with E-state index in [1.54, 1.807) is 30.3 Å². The molecule has 0 amide bonds. The molecule has 0 radical (unpaired) electrons. The van der Waals surface area contributed by atoms with Crippen LogP contribution in [-0.2, 0) is 11.8 Å². The van der Waals surface area contributed by atoms with Crippen LogP contribution in [0, 0.1) is 0 Å². The van der Waals surface area contributed by atoms with Gasteiger partial charge in [0.2, 0.25) is 0 Å². The maximum absolute atomic E-state index is 12.0. The molecule has 0 atom stereocenters. The Morgan fingerprint density at radius 1 is 1.47 bits per heavy atom. The number of thioether (sulfide) groups is 1. The van der Waals surface area contributed by atoms with E-state index in [9.17, 15) is 9.59 Å². The van der Waals surface area contributed by atoms with Crippen molar-refractivity contribution in [3.05, 3.63) is 29.5 Å². The molecule has 1 aromatic carbocycles. The lowest BCUT2D eigenvalue weighted by molar-refractivity contribution is 0.0513. The van der Waals surface area contributed by atoms with E-state index in [4.69, 9.17) is 4.74 Å². The van der Waals surface area contributed by atoms with Crippen LogP contribution in [0.2, 0.25) is 0 Å². The van der Waals surface area contributed by atoms with E-state index < -0.39 is 5.97 Å². The summed E-state index contributed by atoms with van der Waals surface area (Å²) < 4.78 is 6.73. The number of rotatable bonds is 4. The first-order chi connectivity index (χ1) is 9.13. The molecule has 0 aliphatic heterocycles. The van der Waals surface area contributed by atoms with Crippen LogP contribution in [0.3, 0.4) is 0 Å². The number of hydrogen-bond acceptors (Lipinski definition) is 4. The number of aryl methyl sites for hydroxylation is 1. The van der Waals surface area contributed by atoms with Gasteiger partial charge in [-0.05, 0) is 25.3 Å². The van der Waals surface area contributed by atoms with Gasteiger partial charge in [0, 0.05) is 17.3 Å². The summed E-state index contributed by atoms with van der Waals surface area (Å²) in [6.07, 6.45) is 2.70. The molecule has 1 heterocycles. The van der Waals surface area contributed by atoms with Gasteiger partial charge in [-0.25, -0.2) is 4.79 Å². The van der Waals surface area contributed by atoms with Crippen LogP contribution in [0.15, 0.2) is 23.1 Å². The van der Waals surface area contributed by atoms with Crippen molar-refractivity contribution in [2.24, 2.45) is 7.05 Å². The quantitative estimate of drug-likeness (QED) is 0.490. The smallest absolute Gasteiger partial charge is 0.355 e. The number of aromatic nitrogens is 1. The molecule has 0 aliphatic rings. The summed E-state index contributed by atoms with van der Waals surface area (Å²) in [5.74, 6) is -0.464. The van der Waals surface area contributed by atoms with Crippen molar-refractivity contribution >= 4 is 34.9 Å². The van der Waals surface area contributed by atoms with E-state index in [1.165, 1.54) is 0 Å². The predicted octanol–water partition coefficient (Wildman–Crippen LogP) is 2.89. The molecule has 0 N–H and O–H groups in total. The Morgan fingerprint density at radius 2 is 2.21 bits per heavy atom.